The summed E-state index contributed by atoms with van der Waals surface area (Å²) in [5, 5.41) is 10.3. The molecule has 0 unspecified atom stereocenters. The van der Waals surface area contributed by atoms with Crippen molar-refractivity contribution in [1.82, 2.24) is 19.7 Å². The summed E-state index contributed by atoms with van der Waals surface area (Å²) in [6.45, 7) is 8.53. The van der Waals surface area contributed by atoms with Gasteiger partial charge in [0.25, 0.3) is 0 Å². The van der Waals surface area contributed by atoms with E-state index in [9.17, 15) is 0 Å². The third-order valence-electron chi connectivity index (χ3n) is 3.70. The van der Waals surface area contributed by atoms with Crippen LogP contribution in [0.2, 0.25) is 5.15 Å². The minimum Gasteiger partial charge on any atom is -0.378 e. The SMILES string of the molecule is CC(C)Cn1c(SCc2ccc(Cl)nc2)nnc1N1CCOCC1. The topological polar surface area (TPSA) is 56.1 Å². The molecule has 0 bridgehead atoms. The lowest BCUT2D eigenvalue weighted by Crippen LogP contribution is -2.38. The van der Waals surface area contributed by atoms with Crippen molar-refractivity contribution in [1.29, 1.82) is 0 Å². The minimum atomic E-state index is 0.515. The molecule has 0 aliphatic carbocycles. The van der Waals surface area contributed by atoms with Crippen LogP contribution in [0.5, 0.6) is 0 Å². The van der Waals surface area contributed by atoms with Gasteiger partial charge >= 0.3 is 0 Å². The second-order valence-electron chi connectivity index (χ2n) is 6.16. The molecule has 8 heteroatoms. The van der Waals surface area contributed by atoms with E-state index in [0.717, 1.165) is 55.3 Å². The maximum absolute atomic E-state index is 5.84. The Balaban J connectivity index is 1.76. The molecule has 0 saturated carbocycles. The van der Waals surface area contributed by atoms with Crippen molar-refractivity contribution in [2.24, 2.45) is 5.92 Å². The minimum absolute atomic E-state index is 0.515. The van der Waals surface area contributed by atoms with Gasteiger partial charge in [0.1, 0.15) is 5.15 Å². The normalized spacial score (nSPS) is 15.2. The van der Waals surface area contributed by atoms with Gasteiger partial charge in [-0.1, -0.05) is 43.3 Å². The van der Waals surface area contributed by atoms with Crippen molar-refractivity contribution in [3.05, 3.63) is 29.0 Å². The smallest absolute Gasteiger partial charge is 0.228 e. The van der Waals surface area contributed by atoms with Gasteiger partial charge < -0.3 is 9.64 Å². The zero-order valence-corrected chi connectivity index (χ0v) is 15.6. The van der Waals surface area contributed by atoms with E-state index in [1.807, 2.05) is 12.1 Å². The van der Waals surface area contributed by atoms with Crippen LogP contribution in [0.25, 0.3) is 0 Å². The fourth-order valence-corrected chi connectivity index (χ4v) is 3.54. The summed E-state index contributed by atoms with van der Waals surface area (Å²) >= 11 is 7.52. The average molecular weight is 368 g/mol. The number of ether oxygens (including phenoxy) is 1. The van der Waals surface area contributed by atoms with Gasteiger partial charge in [-0.3, -0.25) is 4.57 Å². The molecule has 130 valence electrons. The number of nitrogens with zero attached hydrogens (tertiary/aromatic N) is 5. The third-order valence-corrected chi connectivity index (χ3v) is 4.96. The van der Waals surface area contributed by atoms with E-state index in [-0.39, 0.29) is 0 Å². The van der Waals surface area contributed by atoms with E-state index < -0.39 is 0 Å². The molecule has 0 atom stereocenters. The molecule has 1 aliphatic heterocycles. The molecule has 3 heterocycles. The Morgan fingerprint density at radius 1 is 1.25 bits per heavy atom. The van der Waals surface area contributed by atoms with Gasteiger partial charge in [-0.05, 0) is 17.5 Å². The number of anilines is 1. The van der Waals surface area contributed by atoms with E-state index >= 15 is 0 Å². The molecule has 0 amide bonds. The average Bonchev–Trinajstić information content (AvgIpc) is 2.97. The molecule has 0 aromatic carbocycles. The van der Waals surface area contributed by atoms with Gasteiger partial charge in [-0.2, -0.15) is 0 Å². The Morgan fingerprint density at radius 3 is 2.71 bits per heavy atom. The largest absolute Gasteiger partial charge is 0.378 e. The number of hydrogen-bond donors (Lipinski definition) is 0. The van der Waals surface area contributed by atoms with Crippen LogP contribution < -0.4 is 4.90 Å². The summed E-state index contributed by atoms with van der Waals surface area (Å²) < 4.78 is 7.67. The van der Waals surface area contributed by atoms with E-state index in [1.54, 1.807) is 18.0 Å². The molecule has 1 aliphatic rings. The highest BCUT2D eigenvalue weighted by Crippen LogP contribution is 2.26. The van der Waals surface area contributed by atoms with Crippen LogP contribution in [0.15, 0.2) is 23.5 Å². The predicted octanol–water partition coefficient (Wildman–Crippen LogP) is 3.11. The zero-order chi connectivity index (χ0) is 16.9. The van der Waals surface area contributed by atoms with Gasteiger partial charge in [0.05, 0.1) is 13.2 Å². The molecule has 6 nitrogen and oxygen atoms in total. The van der Waals surface area contributed by atoms with Gasteiger partial charge in [-0.15, -0.1) is 10.2 Å². The molecule has 0 spiro atoms. The molecule has 0 N–H and O–H groups in total. The van der Waals surface area contributed by atoms with Crippen molar-refractivity contribution in [3.8, 4) is 0 Å². The van der Waals surface area contributed by atoms with Gasteiger partial charge in [0.15, 0.2) is 5.16 Å². The summed E-state index contributed by atoms with van der Waals surface area (Å²) in [5.74, 6) is 2.27. The number of hydrogen-bond acceptors (Lipinski definition) is 6. The predicted molar refractivity (Wildman–Crippen MR) is 96.7 cm³/mol. The van der Waals surface area contributed by atoms with E-state index in [1.165, 1.54) is 0 Å². The maximum atomic E-state index is 5.84. The molecule has 1 fully saturated rings. The fourth-order valence-electron chi connectivity index (χ4n) is 2.55. The summed E-state index contributed by atoms with van der Waals surface area (Å²) in [6.07, 6.45) is 1.81. The van der Waals surface area contributed by atoms with Crippen molar-refractivity contribution in [2.75, 3.05) is 31.2 Å². The highest BCUT2D eigenvalue weighted by atomic mass is 35.5. The molecular weight excluding hydrogens is 346 g/mol. The van der Waals surface area contributed by atoms with Gasteiger partial charge in [0, 0.05) is 31.6 Å². The van der Waals surface area contributed by atoms with Crippen LogP contribution in [0.4, 0.5) is 5.95 Å². The fraction of sp³-hybridized carbons (Fsp3) is 0.562. The number of halogens is 1. The monoisotopic (exact) mass is 367 g/mol. The quantitative estimate of drug-likeness (QED) is 0.577. The van der Waals surface area contributed by atoms with Crippen molar-refractivity contribution in [2.45, 2.75) is 31.3 Å². The van der Waals surface area contributed by atoms with E-state index in [4.69, 9.17) is 16.3 Å². The highest BCUT2D eigenvalue weighted by Gasteiger charge is 2.21. The number of thioether (sulfide) groups is 1. The molecule has 2 aromatic rings. The Morgan fingerprint density at radius 2 is 2.04 bits per heavy atom. The second-order valence-corrected chi connectivity index (χ2v) is 7.49. The summed E-state index contributed by atoms with van der Waals surface area (Å²) in [4.78, 5) is 6.38. The molecule has 2 aromatic heterocycles. The molecular formula is C16H22ClN5OS. The standard InChI is InChI=1S/C16H22ClN5OS/c1-12(2)10-22-15(21-5-7-23-8-6-21)19-20-16(22)24-11-13-3-4-14(17)18-9-13/h3-4,9,12H,5-8,10-11H2,1-2H3. The summed E-state index contributed by atoms with van der Waals surface area (Å²) in [6, 6.07) is 3.81. The number of rotatable bonds is 6. The molecule has 24 heavy (non-hydrogen) atoms. The van der Waals surface area contributed by atoms with Crippen LogP contribution in [-0.4, -0.2) is 46.1 Å². The summed E-state index contributed by atoms with van der Waals surface area (Å²) in [7, 11) is 0. The lowest BCUT2D eigenvalue weighted by atomic mass is 10.2. The Bertz CT molecular complexity index is 655. The van der Waals surface area contributed by atoms with E-state index in [2.05, 4.69) is 38.5 Å². The van der Waals surface area contributed by atoms with Gasteiger partial charge in [0.2, 0.25) is 5.95 Å². The van der Waals surface area contributed by atoms with Crippen LogP contribution in [0, 0.1) is 5.92 Å². The van der Waals surface area contributed by atoms with Crippen LogP contribution >= 0.6 is 23.4 Å². The Hall–Kier alpha value is -1.31. The lowest BCUT2D eigenvalue weighted by Gasteiger charge is -2.28. The number of pyridine rings is 1. The van der Waals surface area contributed by atoms with Gasteiger partial charge in [-0.25, -0.2) is 4.98 Å². The number of morpholine rings is 1. The van der Waals surface area contributed by atoms with E-state index in [0.29, 0.717) is 11.1 Å². The second kappa shape index (κ2) is 8.18. The summed E-state index contributed by atoms with van der Waals surface area (Å²) in [5.41, 5.74) is 1.12. The maximum Gasteiger partial charge on any atom is 0.228 e. The first-order valence-electron chi connectivity index (χ1n) is 8.12. The van der Waals surface area contributed by atoms with Crippen LogP contribution in [0.3, 0.4) is 0 Å². The first-order chi connectivity index (χ1) is 11.6. The molecule has 0 radical (unpaired) electrons. The first kappa shape index (κ1) is 17.5. The lowest BCUT2D eigenvalue weighted by molar-refractivity contribution is 0.121. The first-order valence-corrected chi connectivity index (χ1v) is 9.49. The Kier molecular flexibility index (Phi) is 5.97. The molecule has 1 saturated heterocycles. The third kappa shape index (κ3) is 4.40. The Labute approximate surface area is 151 Å². The number of aromatic nitrogens is 4. The highest BCUT2D eigenvalue weighted by molar-refractivity contribution is 7.98. The molecule has 3 rings (SSSR count). The van der Waals surface area contributed by atoms with Crippen LogP contribution in [-0.2, 0) is 17.0 Å². The zero-order valence-electron chi connectivity index (χ0n) is 14.0. The van der Waals surface area contributed by atoms with Crippen LogP contribution in [0.1, 0.15) is 19.4 Å². The van der Waals surface area contributed by atoms with Crippen molar-refractivity contribution >= 4 is 29.3 Å². The van der Waals surface area contributed by atoms with Crippen molar-refractivity contribution in [3.63, 3.8) is 0 Å². The van der Waals surface area contributed by atoms with Crippen molar-refractivity contribution < 1.29 is 4.74 Å².